The molecule has 3 amide bonds. The smallest absolute Gasteiger partial charge is 0.321 e. The van der Waals surface area contributed by atoms with Crippen LogP contribution in [0.15, 0.2) is 0 Å². The molecule has 4 nitrogen and oxygen atoms in total. The molecule has 13 heavy (non-hydrogen) atoms. The number of imide groups is 1. The lowest BCUT2D eigenvalue weighted by molar-refractivity contribution is -0.127. The number of nitrogens with one attached hydrogen (secondary N) is 2. The first kappa shape index (κ1) is 8.53. The predicted octanol–water partition coefficient (Wildman–Crippen LogP) is 0.631. The van der Waals surface area contributed by atoms with Gasteiger partial charge in [0.1, 0.15) is 0 Å². The van der Waals surface area contributed by atoms with E-state index in [1.807, 2.05) is 0 Å². The summed E-state index contributed by atoms with van der Waals surface area (Å²) in [6.07, 6.45) is 3.10. The molecule has 0 aromatic carbocycles. The molecule has 1 heterocycles. The molecule has 1 aliphatic carbocycles. The van der Waals surface area contributed by atoms with Crippen LogP contribution in [-0.2, 0) is 4.79 Å². The minimum absolute atomic E-state index is 0.00134. The fourth-order valence-electron chi connectivity index (χ4n) is 2.34. The minimum atomic E-state index is -0.333. The van der Waals surface area contributed by atoms with Gasteiger partial charge in [-0.1, -0.05) is 13.3 Å². The van der Waals surface area contributed by atoms with E-state index in [4.69, 9.17) is 0 Å². The fourth-order valence-corrected chi connectivity index (χ4v) is 2.34. The number of amides is 3. The molecule has 2 fully saturated rings. The molecule has 0 aromatic rings. The molecule has 72 valence electrons. The third-order valence-electron chi connectivity index (χ3n) is 3.09. The van der Waals surface area contributed by atoms with Gasteiger partial charge in [-0.3, -0.25) is 10.1 Å². The molecular weight excluding hydrogens is 168 g/mol. The summed E-state index contributed by atoms with van der Waals surface area (Å²) >= 11 is 0. The van der Waals surface area contributed by atoms with Crippen LogP contribution in [0.2, 0.25) is 0 Å². The van der Waals surface area contributed by atoms with E-state index < -0.39 is 0 Å². The van der Waals surface area contributed by atoms with Crippen molar-refractivity contribution >= 4 is 11.9 Å². The lowest BCUT2D eigenvalue weighted by atomic mass is 9.76. The Kier molecular flexibility index (Phi) is 1.98. The molecule has 0 spiro atoms. The molecule has 0 aromatic heterocycles. The molecule has 3 unspecified atom stereocenters. The number of carbonyl (C=O) groups is 2. The van der Waals surface area contributed by atoms with Crippen LogP contribution in [0.5, 0.6) is 0 Å². The first-order valence-electron chi connectivity index (χ1n) is 4.80. The van der Waals surface area contributed by atoms with Crippen molar-refractivity contribution in [3.8, 4) is 0 Å². The van der Waals surface area contributed by atoms with E-state index in [9.17, 15) is 9.59 Å². The zero-order chi connectivity index (χ0) is 9.42. The van der Waals surface area contributed by atoms with E-state index in [2.05, 4.69) is 17.6 Å². The Labute approximate surface area is 77.1 Å². The summed E-state index contributed by atoms with van der Waals surface area (Å²) in [4.78, 5) is 22.4. The van der Waals surface area contributed by atoms with Gasteiger partial charge < -0.3 is 5.32 Å². The first-order valence-corrected chi connectivity index (χ1v) is 4.80. The summed E-state index contributed by atoms with van der Waals surface area (Å²) in [5.41, 5.74) is 0. The highest BCUT2D eigenvalue weighted by atomic mass is 16.2. The van der Waals surface area contributed by atoms with Crippen molar-refractivity contribution < 1.29 is 9.59 Å². The molecule has 1 saturated heterocycles. The van der Waals surface area contributed by atoms with Gasteiger partial charge >= 0.3 is 6.03 Å². The summed E-state index contributed by atoms with van der Waals surface area (Å²) < 4.78 is 0. The molecule has 0 radical (unpaired) electrons. The quantitative estimate of drug-likeness (QED) is 0.577. The molecule has 0 bridgehead atoms. The average Bonchev–Trinajstić information content (AvgIpc) is 2.07. The van der Waals surface area contributed by atoms with Crippen molar-refractivity contribution in [2.45, 2.75) is 32.2 Å². The zero-order valence-corrected chi connectivity index (χ0v) is 7.67. The number of hydrogen-bond donors (Lipinski definition) is 2. The SMILES string of the molecule is CC1CCCC2C(=O)NC(=O)NC12. The Bertz CT molecular complexity index is 252. The number of urea groups is 1. The second-order valence-corrected chi connectivity index (χ2v) is 4.00. The van der Waals surface area contributed by atoms with E-state index in [-0.39, 0.29) is 23.9 Å². The van der Waals surface area contributed by atoms with Crippen LogP contribution in [0.25, 0.3) is 0 Å². The van der Waals surface area contributed by atoms with Crippen LogP contribution in [0, 0.1) is 11.8 Å². The molecule has 3 atom stereocenters. The summed E-state index contributed by atoms with van der Waals surface area (Å²) in [5.74, 6) is 0.329. The standard InChI is InChI=1S/C9H14N2O2/c1-5-3-2-4-6-7(5)10-9(13)11-8(6)12/h5-7H,2-4H2,1H3,(H2,10,11,12,13). The van der Waals surface area contributed by atoms with Gasteiger partial charge in [-0.25, -0.2) is 4.79 Å². The highest BCUT2D eigenvalue weighted by Crippen LogP contribution is 2.30. The Balaban J connectivity index is 2.17. The normalized spacial score (nSPS) is 39.0. The molecular formula is C9H14N2O2. The number of fused-ring (bicyclic) bond motifs is 1. The number of carbonyl (C=O) groups excluding carboxylic acids is 2. The van der Waals surface area contributed by atoms with Gasteiger partial charge in [0.05, 0.1) is 5.92 Å². The Morgan fingerprint density at radius 3 is 2.85 bits per heavy atom. The zero-order valence-electron chi connectivity index (χ0n) is 7.67. The maximum atomic E-state index is 11.4. The first-order chi connectivity index (χ1) is 6.18. The lowest BCUT2D eigenvalue weighted by Crippen LogP contribution is -2.61. The van der Waals surface area contributed by atoms with Gasteiger partial charge in [0, 0.05) is 6.04 Å². The van der Waals surface area contributed by atoms with Crippen LogP contribution < -0.4 is 10.6 Å². The van der Waals surface area contributed by atoms with Crippen LogP contribution in [0.1, 0.15) is 26.2 Å². The Morgan fingerprint density at radius 2 is 2.08 bits per heavy atom. The van der Waals surface area contributed by atoms with Gasteiger partial charge in [0.2, 0.25) is 5.91 Å². The fraction of sp³-hybridized carbons (Fsp3) is 0.778. The second kappa shape index (κ2) is 3.01. The van der Waals surface area contributed by atoms with Crippen LogP contribution in [0.3, 0.4) is 0 Å². The van der Waals surface area contributed by atoms with Gasteiger partial charge in [-0.2, -0.15) is 0 Å². The molecule has 4 heteroatoms. The second-order valence-electron chi connectivity index (χ2n) is 4.00. The van der Waals surface area contributed by atoms with Crippen molar-refractivity contribution in [2.24, 2.45) is 11.8 Å². The molecule has 2 aliphatic rings. The highest BCUT2D eigenvalue weighted by molar-refractivity contribution is 5.98. The minimum Gasteiger partial charge on any atom is -0.334 e. The van der Waals surface area contributed by atoms with Gasteiger partial charge in [0.15, 0.2) is 0 Å². The summed E-state index contributed by atoms with van der Waals surface area (Å²) in [5, 5.41) is 5.14. The van der Waals surface area contributed by atoms with E-state index in [0.717, 1.165) is 19.3 Å². The maximum Gasteiger partial charge on any atom is 0.321 e. The number of rotatable bonds is 0. The van der Waals surface area contributed by atoms with Crippen molar-refractivity contribution in [1.29, 1.82) is 0 Å². The third kappa shape index (κ3) is 1.41. The van der Waals surface area contributed by atoms with Crippen molar-refractivity contribution in [1.82, 2.24) is 10.6 Å². The molecule has 1 saturated carbocycles. The number of hydrogen-bond acceptors (Lipinski definition) is 2. The van der Waals surface area contributed by atoms with E-state index in [0.29, 0.717) is 5.92 Å². The van der Waals surface area contributed by atoms with E-state index in [1.54, 1.807) is 0 Å². The van der Waals surface area contributed by atoms with Crippen molar-refractivity contribution in [3.05, 3.63) is 0 Å². The lowest BCUT2D eigenvalue weighted by Gasteiger charge is -2.38. The summed E-state index contributed by atoms with van der Waals surface area (Å²) in [6.45, 7) is 2.09. The maximum absolute atomic E-state index is 11.4. The third-order valence-corrected chi connectivity index (χ3v) is 3.09. The van der Waals surface area contributed by atoms with Crippen LogP contribution in [0.4, 0.5) is 4.79 Å². The Hall–Kier alpha value is -1.06. The topological polar surface area (TPSA) is 58.2 Å². The van der Waals surface area contributed by atoms with Crippen LogP contribution >= 0.6 is 0 Å². The Morgan fingerprint density at radius 1 is 1.31 bits per heavy atom. The molecule has 1 aliphatic heterocycles. The summed E-state index contributed by atoms with van der Waals surface area (Å²) in [7, 11) is 0. The summed E-state index contributed by atoms with van der Waals surface area (Å²) in [6, 6.07) is -0.269. The average molecular weight is 182 g/mol. The monoisotopic (exact) mass is 182 g/mol. The van der Waals surface area contributed by atoms with Gasteiger partial charge in [-0.05, 0) is 18.8 Å². The van der Waals surface area contributed by atoms with Gasteiger partial charge in [0.25, 0.3) is 0 Å². The predicted molar refractivity (Wildman–Crippen MR) is 47.0 cm³/mol. The molecule has 2 N–H and O–H groups in total. The van der Waals surface area contributed by atoms with E-state index in [1.165, 1.54) is 0 Å². The van der Waals surface area contributed by atoms with Crippen molar-refractivity contribution in [2.75, 3.05) is 0 Å². The van der Waals surface area contributed by atoms with Gasteiger partial charge in [-0.15, -0.1) is 0 Å². The molecule has 2 rings (SSSR count). The largest absolute Gasteiger partial charge is 0.334 e. The highest BCUT2D eigenvalue weighted by Gasteiger charge is 2.40. The van der Waals surface area contributed by atoms with E-state index >= 15 is 0 Å². The van der Waals surface area contributed by atoms with Crippen LogP contribution in [-0.4, -0.2) is 18.0 Å². The van der Waals surface area contributed by atoms with Crippen molar-refractivity contribution in [3.63, 3.8) is 0 Å².